The maximum atomic E-state index is 12.0. The van der Waals surface area contributed by atoms with E-state index in [1.54, 1.807) is 24.5 Å². The van der Waals surface area contributed by atoms with E-state index in [0.717, 1.165) is 27.2 Å². The van der Waals surface area contributed by atoms with Crippen LogP contribution in [0.25, 0.3) is 22.3 Å². The summed E-state index contributed by atoms with van der Waals surface area (Å²) in [5, 5.41) is 21.3. The molecule has 4 aromatic heterocycles. The topological polar surface area (TPSA) is 141 Å². The van der Waals surface area contributed by atoms with Gasteiger partial charge in [-0.1, -0.05) is 6.07 Å². The molecule has 0 fully saturated rings. The van der Waals surface area contributed by atoms with Gasteiger partial charge in [0.25, 0.3) is 0 Å². The molecule has 0 unspecified atom stereocenters. The molecular formula is C20H18N8O2S. The van der Waals surface area contributed by atoms with Crippen LogP contribution in [0.3, 0.4) is 0 Å². The summed E-state index contributed by atoms with van der Waals surface area (Å²) in [6.45, 7) is 0.258. The first kappa shape index (κ1) is 20.2. The molecule has 0 bridgehead atoms. The first-order chi connectivity index (χ1) is 14.9. The second-order valence-electron chi connectivity index (χ2n) is 6.81. The number of anilines is 2. The van der Waals surface area contributed by atoms with Gasteiger partial charge in [0, 0.05) is 48.2 Å². The molecule has 2 N–H and O–H groups in total. The standard InChI is InChI=1S/C20H18N8O2S/c1-28(31(2,29)30)20-14(4-3-6-22-20)10-23-18-15(9-21)11-24-19-16(18)8-17(27-19)13-5-7-25-26-12-13/h3-8,11-12H,10H2,1-2H3,(H2,23,24,27). The number of pyridine rings is 2. The zero-order valence-electron chi connectivity index (χ0n) is 16.7. The molecule has 0 saturated heterocycles. The quantitative estimate of drug-likeness (QED) is 0.471. The third-order valence-corrected chi connectivity index (χ3v) is 5.96. The van der Waals surface area contributed by atoms with E-state index in [9.17, 15) is 13.7 Å². The van der Waals surface area contributed by atoms with Crippen molar-refractivity contribution in [2.75, 3.05) is 22.9 Å². The number of nitrogens with zero attached hydrogens (tertiary/aromatic N) is 6. The Morgan fingerprint density at radius 2 is 2.03 bits per heavy atom. The molecule has 0 atom stereocenters. The fourth-order valence-electron chi connectivity index (χ4n) is 3.15. The van der Waals surface area contributed by atoms with E-state index >= 15 is 0 Å². The predicted molar refractivity (Wildman–Crippen MR) is 117 cm³/mol. The van der Waals surface area contributed by atoms with Crippen molar-refractivity contribution in [3.8, 4) is 17.3 Å². The van der Waals surface area contributed by atoms with Crippen molar-refractivity contribution in [2.24, 2.45) is 0 Å². The van der Waals surface area contributed by atoms with Gasteiger partial charge in [-0.3, -0.25) is 4.31 Å². The Morgan fingerprint density at radius 1 is 1.19 bits per heavy atom. The summed E-state index contributed by atoms with van der Waals surface area (Å²) in [5.74, 6) is 0.318. The lowest BCUT2D eigenvalue weighted by Crippen LogP contribution is -2.27. The molecule has 0 spiro atoms. The monoisotopic (exact) mass is 434 g/mol. The van der Waals surface area contributed by atoms with Crippen LogP contribution in [0.15, 0.2) is 49.1 Å². The summed E-state index contributed by atoms with van der Waals surface area (Å²) in [6, 6.07) is 9.37. The number of sulfonamides is 1. The van der Waals surface area contributed by atoms with Gasteiger partial charge in [-0.25, -0.2) is 18.4 Å². The molecule has 0 radical (unpaired) electrons. The zero-order chi connectivity index (χ0) is 22.0. The van der Waals surface area contributed by atoms with Crippen molar-refractivity contribution in [2.45, 2.75) is 6.54 Å². The number of hydrogen-bond donors (Lipinski definition) is 2. The SMILES string of the molecule is CN(c1ncccc1CNc1c(C#N)cnc2[nH]c(-c3ccnnc3)cc12)S(C)(=O)=O. The number of rotatable bonds is 6. The number of hydrogen-bond acceptors (Lipinski definition) is 8. The van der Waals surface area contributed by atoms with E-state index in [-0.39, 0.29) is 6.54 Å². The average molecular weight is 434 g/mol. The highest BCUT2D eigenvalue weighted by Gasteiger charge is 2.18. The summed E-state index contributed by atoms with van der Waals surface area (Å²) in [6.07, 6.45) is 7.37. The van der Waals surface area contributed by atoms with Crippen molar-refractivity contribution in [1.29, 1.82) is 5.26 Å². The van der Waals surface area contributed by atoms with Gasteiger partial charge in [-0.2, -0.15) is 15.5 Å². The van der Waals surface area contributed by atoms with Gasteiger partial charge >= 0.3 is 0 Å². The number of nitrogens with one attached hydrogen (secondary N) is 2. The predicted octanol–water partition coefficient (Wildman–Crippen LogP) is 2.29. The fourth-order valence-corrected chi connectivity index (χ4v) is 3.63. The Hall–Kier alpha value is -4.04. The lowest BCUT2D eigenvalue weighted by Gasteiger charge is -2.19. The van der Waals surface area contributed by atoms with Crippen LogP contribution in [0.2, 0.25) is 0 Å². The molecule has 0 aliphatic carbocycles. The molecule has 0 amide bonds. The molecule has 4 heterocycles. The second-order valence-corrected chi connectivity index (χ2v) is 8.82. The first-order valence-corrected chi connectivity index (χ1v) is 11.0. The molecule has 0 aliphatic heterocycles. The third-order valence-electron chi connectivity index (χ3n) is 4.79. The summed E-state index contributed by atoms with van der Waals surface area (Å²) >= 11 is 0. The number of nitriles is 1. The van der Waals surface area contributed by atoms with Crippen LogP contribution < -0.4 is 9.62 Å². The molecule has 156 valence electrons. The fraction of sp³-hybridized carbons (Fsp3) is 0.150. The summed E-state index contributed by atoms with van der Waals surface area (Å²) < 4.78 is 25.1. The smallest absolute Gasteiger partial charge is 0.233 e. The van der Waals surface area contributed by atoms with Crippen LogP contribution in [-0.2, 0) is 16.6 Å². The largest absolute Gasteiger partial charge is 0.379 e. The Balaban J connectivity index is 1.73. The van der Waals surface area contributed by atoms with Crippen LogP contribution >= 0.6 is 0 Å². The molecule has 0 aliphatic rings. The van der Waals surface area contributed by atoms with Crippen LogP contribution in [0, 0.1) is 11.3 Å². The summed E-state index contributed by atoms with van der Waals surface area (Å²) in [5.41, 5.74) is 3.85. The normalized spacial score (nSPS) is 11.3. The van der Waals surface area contributed by atoms with Gasteiger partial charge in [-0.15, -0.1) is 0 Å². The lowest BCUT2D eigenvalue weighted by atomic mass is 10.1. The van der Waals surface area contributed by atoms with Crippen molar-refractivity contribution in [3.63, 3.8) is 0 Å². The maximum absolute atomic E-state index is 12.0. The molecule has 10 nitrogen and oxygen atoms in total. The van der Waals surface area contributed by atoms with E-state index in [4.69, 9.17) is 0 Å². The van der Waals surface area contributed by atoms with Crippen LogP contribution in [0.5, 0.6) is 0 Å². The lowest BCUT2D eigenvalue weighted by molar-refractivity contribution is 0.599. The van der Waals surface area contributed by atoms with Gasteiger partial charge in [-0.05, 0) is 18.2 Å². The molecule has 0 aromatic carbocycles. The first-order valence-electron chi connectivity index (χ1n) is 9.19. The molecule has 4 rings (SSSR count). The van der Waals surface area contributed by atoms with Gasteiger partial charge in [0.1, 0.15) is 17.5 Å². The Labute approximate surface area is 178 Å². The van der Waals surface area contributed by atoms with E-state index < -0.39 is 10.0 Å². The minimum absolute atomic E-state index is 0.258. The minimum Gasteiger partial charge on any atom is -0.379 e. The van der Waals surface area contributed by atoms with E-state index in [0.29, 0.717) is 28.3 Å². The maximum Gasteiger partial charge on any atom is 0.233 e. The van der Waals surface area contributed by atoms with Gasteiger partial charge in [0.05, 0.1) is 29.9 Å². The highest BCUT2D eigenvalue weighted by molar-refractivity contribution is 7.92. The molecule has 4 aromatic rings. The van der Waals surface area contributed by atoms with Crippen LogP contribution in [0.4, 0.5) is 11.5 Å². The van der Waals surface area contributed by atoms with Crippen LogP contribution in [-0.4, -0.2) is 46.9 Å². The van der Waals surface area contributed by atoms with E-state index in [1.165, 1.54) is 19.4 Å². The van der Waals surface area contributed by atoms with Crippen LogP contribution in [0.1, 0.15) is 11.1 Å². The molecule has 0 saturated carbocycles. The third kappa shape index (κ3) is 4.01. The summed E-state index contributed by atoms with van der Waals surface area (Å²) in [7, 11) is -2.02. The zero-order valence-corrected chi connectivity index (χ0v) is 17.6. The number of H-pyrrole nitrogens is 1. The second kappa shape index (κ2) is 8.00. The average Bonchev–Trinajstić information content (AvgIpc) is 3.21. The highest BCUT2D eigenvalue weighted by Crippen LogP contribution is 2.31. The van der Waals surface area contributed by atoms with Crippen molar-refractivity contribution < 1.29 is 8.42 Å². The van der Waals surface area contributed by atoms with E-state index in [1.807, 2.05) is 12.1 Å². The van der Waals surface area contributed by atoms with Gasteiger partial charge < -0.3 is 10.3 Å². The summed E-state index contributed by atoms with van der Waals surface area (Å²) in [4.78, 5) is 11.8. The molecule has 11 heteroatoms. The number of fused-ring (bicyclic) bond motifs is 1. The Bertz CT molecular complexity index is 1390. The minimum atomic E-state index is -3.47. The van der Waals surface area contributed by atoms with Crippen molar-refractivity contribution in [3.05, 3.63) is 60.2 Å². The Morgan fingerprint density at radius 3 is 2.74 bits per heavy atom. The molecular weight excluding hydrogens is 416 g/mol. The number of aromatic amines is 1. The van der Waals surface area contributed by atoms with Crippen molar-refractivity contribution >= 4 is 32.6 Å². The van der Waals surface area contributed by atoms with E-state index in [2.05, 4.69) is 36.5 Å². The van der Waals surface area contributed by atoms with Gasteiger partial charge in [0.2, 0.25) is 10.0 Å². The van der Waals surface area contributed by atoms with Crippen molar-refractivity contribution in [1.82, 2.24) is 25.1 Å². The highest BCUT2D eigenvalue weighted by atomic mass is 32.2. The number of aromatic nitrogens is 5. The Kier molecular flexibility index (Phi) is 5.22. The molecule has 31 heavy (non-hydrogen) atoms. The van der Waals surface area contributed by atoms with Gasteiger partial charge in [0.15, 0.2) is 0 Å².